The number of carboxylic acids is 1. The molecule has 1 heterocycles. The molecule has 2 N–H and O–H groups in total. The zero-order valence-corrected chi connectivity index (χ0v) is 23.9. The maximum atomic E-state index is 11.5. The standard InChI is InChI=1S/C31H26Cl3NO5/c1-16-9-18(11-19(10-16)30(36)37)20-13-31(38,14-20)23-8-7-21(12-26(23)34)39-15-22-28(35-40-29(22)17-5-6-17)27-24(32)3-2-4-25(27)33/h2-4,7-12,17,20,38H,5-6,13-15H2,1H3,(H,36,37)/t20-,31-. The molecule has 3 aromatic carbocycles. The number of aromatic carboxylic acids is 1. The minimum absolute atomic E-state index is 0.0412. The number of rotatable bonds is 8. The number of ether oxygens (including phenoxy) is 1. The van der Waals surface area contributed by atoms with E-state index < -0.39 is 11.6 Å². The Morgan fingerprint density at radius 3 is 2.40 bits per heavy atom. The predicted molar refractivity (Wildman–Crippen MR) is 154 cm³/mol. The van der Waals surface area contributed by atoms with Crippen LogP contribution in [0.15, 0.2) is 59.1 Å². The first kappa shape index (κ1) is 27.2. The molecule has 6 nitrogen and oxygen atoms in total. The Kier molecular flexibility index (Phi) is 7.07. The molecule has 0 unspecified atom stereocenters. The van der Waals surface area contributed by atoms with Gasteiger partial charge in [-0.15, -0.1) is 0 Å². The lowest BCUT2D eigenvalue weighted by molar-refractivity contribution is -0.0549. The Labute approximate surface area is 246 Å². The monoisotopic (exact) mass is 597 g/mol. The van der Waals surface area contributed by atoms with Crippen molar-refractivity contribution in [3.63, 3.8) is 0 Å². The number of carboxylic acid groups (broad SMARTS) is 1. The van der Waals surface area contributed by atoms with Crippen LogP contribution >= 0.6 is 34.8 Å². The van der Waals surface area contributed by atoms with Gasteiger partial charge < -0.3 is 19.5 Å². The normalized spacial score (nSPS) is 20.3. The molecule has 0 atom stereocenters. The molecular weight excluding hydrogens is 573 g/mol. The number of hydrogen-bond acceptors (Lipinski definition) is 5. The van der Waals surface area contributed by atoms with Crippen molar-refractivity contribution < 1.29 is 24.3 Å². The second-order valence-corrected chi connectivity index (χ2v) is 12.0. The summed E-state index contributed by atoms with van der Waals surface area (Å²) >= 11 is 19.6. The fourth-order valence-corrected chi connectivity index (χ4v) is 6.47. The average Bonchev–Trinajstić information content (AvgIpc) is 3.65. The third kappa shape index (κ3) is 5.10. The summed E-state index contributed by atoms with van der Waals surface area (Å²) in [4.78, 5) is 11.5. The second-order valence-electron chi connectivity index (χ2n) is 10.7. The van der Waals surface area contributed by atoms with Gasteiger partial charge in [-0.3, -0.25) is 0 Å². The van der Waals surface area contributed by atoms with Crippen LogP contribution in [0.25, 0.3) is 11.3 Å². The van der Waals surface area contributed by atoms with Gasteiger partial charge in [-0.1, -0.05) is 58.2 Å². The lowest BCUT2D eigenvalue weighted by atomic mass is 9.64. The minimum atomic E-state index is -1.10. The van der Waals surface area contributed by atoms with E-state index in [1.807, 2.05) is 13.0 Å². The molecule has 2 aliphatic rings. The molecule has 0 spiro atoms. The lowest BCUT2D eigenvalue weighted by Gasteiger charge is -2.45. The summed E-state index contributed by atoms with van der Waals surface area (Å²) in [5.74, 6) is 0.700. The summed E-state index contributed by atoms with van der Waals surface area (Å²) in [6.45, 7) is 2.06. The van der Waals surface area contributed by atoms with Crippen LogP contribution in [-0.4, -0.2) is 21.3 Å². The van der Waals surface area contributed by atoms with Crippen molar-refractivity contribution >= 4 is 40.8 Å². The van der Waals surface area contributed by atoms with Gasteiger partial charge in [0.2, 0.25) is 0 Å². The number of nitrogens with zero attached hydrogens (tertiary/aromatic N) is 1. The van der Waals surface area contributed by atoms with Crippen LogP contribution in [0.4, 0.5) is 0 Å². The van der Waals surface area contributed by atoms with Gasteiger partial charge >= 0.3 is 5.97 Å². The van der Waals surface area contributed by atoms with Crippen molar-refractivity contribution in [3.05, 3.63) is 103 Å². The molecule has 9 heteroatoms. The van der Waals surface area contributed by atoms with Crippen molar-refractivity contribution in [2.75, 3.05) is 0 Å². The van der Waals surface area contributed by atoms with E-state index >= 15 is 0 Å². The zero-order valence-electron chi connectivity index (χ0n) is 21.6. The average molecular weight is 599 g/mol. The Hall–Kier alpha value is -3.03. The number of aromatic nitrogens is 1. The summed E-state index contributed by atoms with van der Waals surface area (Å²) in [6, 6.07) is 15.9. The summed E-state index contributed by atoms with van der Waals surface area (Å²) in [7, 11) is 0. The van der Waals surface area contributed by atoms with Crippen molar-refractivity contribution in [2.24, 2.45) is 0 Å². The summed E-state index contributed by atoms with van der Waals surface area (Å²) in [6.07, 6.45) is 2.95. The van der Waals surface area contributed by atoms with E-state index in [1.165, 1.54) is 0 Å². The molecule has 206 valence electrons. The molecule has 6 rings (SSSR count). The van der Waals surface area contributed by atoms with Crippen molar-refractivity contribution in [1.29, 1.82) is 0 Å². The first-order chi connectivity index (χ1) is 19.1. The van der Waals surface area contributed by atoms with Crippen molar-refractivity contribution in [1.82, 2.24) is 5.16 Å². The summed E-state index contributed by atoms with van der Waals surface area (Å²) in [5, 5.41) is 26.4. The summed E-state index contributed by atoms with van der Waals surface area (Å²) in [5.41, 5.74) is 3.54. The SMILES string of the molecule is Cc1cc(C(=O)O)cc([C@H]2C[C@@](O)(c3ccc(OCc4c(-c5c(Cl)cccc5Cl)noc4C4CC4)cc3Cl)C2)c1. The highest BCUT2D eigenvalue weighted by Crippen LogP contribution is 2.53. The molecule has 4 aromatic rings. The lowest BCUT2D eigenvalue weighted by Crippen LogP contribution is -2.40. The van der Waals surface area contributed by atoms with Crippen LogP contribution in [0.5, 0.6) is 5.75 Å². The van der Waals surface area contributed by atoms with Gasteiger partial charge in [0, 0.05) is 17.0 Å². The molecular formula is C31H26Cl3NO5. The molecule has 0 radical (unpaired) electrons. The minimum Gasteiger partial charge on any atom is -0.489 e. The highest BCUT2D eigenvalue weighted by molar-refractivity contribution is 6.39. The quantitative estimate of drug-likeness (QED) is 0.211. The molecule has 0 bridgehead atoms. The van der Waals surface area contributed by atoms with Gasteiger partial charge in [0.15, 0.2) is 0 Å². The fraction of sp³-hybridized carbons (Fsp3) is 0.290. The van der Waals surface area contributed by atoms with E-state index in [0.29, 0.717) is 56.4 Å². The van der Waals surface area contributed by atoms with E-state index in [0.717, 1.165) is 35.3 Å². The largest absolute Gasteiger partial charge is 0.489 e. The highest BCUT2D eigenvalue weighted by atomic mass is 35.5. The van der Waals surface area contributed by atoms with Gasteiger partial charge in [0.05, 0.1) is 31.8 Å². The van der Waals surface area contributed by atoms with Crippen molar-refractivity contribution in [3.8, 4) is 17.0 Å². The van der Waals surface area contributed by atoms with Crippen LogP contribution in [0, 0.1) is 6.92 Å². The van der Waals surface area contributed by atoms with Gasteiger partial charge in [0.25, 0.3) is 0 Å². The molecule has 2 fully saturated rings. The fourth-order valence-electron chi connectivity index (χ4n) is 5.55. The zero-order chi connectivity index (χ0) is 28.2. The Balaban J connectivity index is 1.19. The number of aryl methyl sites for hydroxylation is 1. The van der Waals surface area contributed by atoms with Gasteiger partial charge in [-0.25, -0.2) is 4.79 Å². The molecule has 0 saturated heterocycles. The van der Waals surface area contributed by atoms with E-state index in [2.05, 4.69) is 5.16 Å². The smallest absolute Gasteiger partial charge is 0.335 e. The van der Waals surface area contributed by atoms with Crippen LogP contribution < -0.4 is 4.74 Å². The predicted octanol–water partition coefficient (Wildman–Crippen LogP) is 8.53. The van der Waals surface area contributed by atoms with Gasteiger partial charge in [0.1, 0.15) is 23.8 Å². The Bertz CT molecular complexity index is 1600. The Morgan fingerprint density at radius 2 is 1.75 bits per heavy atom. The molecule has 2 saturated carbocycles. The van der Waals surface area contributed by atoms with Crippen LogP contribution in [0.2, 0.25) is 15.1 Å². The molecule has 0 amide bonds. The molecule has 2 aliphatic carbocycles. The van der Waals surface area contributed by atoms with E-state index in [-0.39, 0.29) is 18.1 Å². The van der Waals surface area contributed by atoms with Gasteiger partial charge in [-0.05, 0) is 86.1 Å². The topological polar surface area (TPSA) is 92.8 Å². The molecule has 40 heavy (non-hydrogen) atoms. The van der Waals surface area contributed by atoms with Crippen molar-refractivity contribution in [2.45, 2.75) is 56.7 Å². The third-order valence-electron chi connectivity index (χ3n) is 7.78. The molecule has 1 aromatic heterocycles. The maximum Gasteiger partial charge on any atom is 0.335 e. The first-order valence-electron chi connectivity index (χ1n) is 13.1. The van der Waals surface area contributed by atoms with Crippen LogP contribution in [0.3, 0.4) is 0 Å². The maximum absolute atomic E-state index is 11.5. The highest BCUT2D eigenvalue weighted by Gasteiger charge is 2.46. The van der Waals surface area contributed by atoms with Crippen LogP contribution in [0.1, 0.15) is 75.9 Å². The van der Waals surface area contributed by atoms with E-state index in [1.54, 1.807) is 48.5 Å². The summed E-state index contributed by atoms with van der Waals surface area (Å²) < 4.78 is 11.9. The second kappa shape index (κ2) is 10.4. The van der Waals surface area contributed by atoms with Gasteiger partial charge in [-0.2, -0.15) is 0 Å². The number of aliphatic hydroxyl groups is 1. The first-order valence-corrected chi connectivity index (χ1v) is 14.2. The number of halogens is 3. The number of hydrogen-bond donors (Lipinski definition) is 2. The van der Waals surface area contributed by atoms with E-state index in [9.17, 15) is 15.0 Å². The third-order valence-corrected chi connectivity index (χ3v) is 8.72. The Morgan fingerprint density at radius 1 is 1.02 bits per heavy atom. The van der Waals surface area contributed by atoms with E-state index in [4.69, 9.17) is 44.1 Å². The number of benzene rings is 3. The van der Waals surface area contributed by atoms with Crippen LogP contribution in [-0.2, 0) is 12.2 Å². The number of carbonyl (C=O) groups is 1. The molecule has 0 aliphatic heterocycles.